The number of aliphatic hydroxyl groups is 1. The molecule has 5 aliphatic carbocycles. The first-order valence-electron chi connectivity index (χ1n) is 15.8. The van der Waals surface area contributed by atoms with Gasteiger partial charge in [-0.05, 0) is 91.4 Å². The number of thioether (sulfide) groups is 1. The molecule has 232 valence electrons. The highest BCUT2D eigenvalue weighted by Crippen LogP contribution is 2.71. The van der Waals surface area contributed by atoms with Gasteiger partial charge in [-0.2, -0.15) is 14.8 Å². The molecule has 0 saturated heterocycles. The first kappa shape index (κ1) is 29.7. The van der Waals surface area contributed by atoms with E-state index in [0.29, 0.717) is 18.5 Å². The summed E-state index contributed by atoms with van der Waals surface area (Å²) in [4.78, 5) is 31.2. The highest BCUT2D eigenvalue weighted by molar-refractivity contribution is 8.14. The summed E-state index contributed by atoms with van der Waals surface area (Å²) in [5.41, 5.74) is 1.55. The van der Waals surface area contributed by atoms with E-state index in [-0.39, 0.29) is 57.8 Å². The van der Waals surface area contributed by atoms with Crippen LogP contribution in [0.1, 0.15) is 71.1 Å². The number of carbonyl (C=O) groups excluding carboxylic acids is 2. The molecule has 4 saturated carbocycles. The van der Waals surface area contributed by atoms with Crippen molar-refractivity contribution in [3.63, 3.8) is 0 Å². The number of halogens is 1. The molecule has 8 nitrogen and oxygen atoms in total. The molecule has 0 radical (unpaired) electrons. The van der Waals surface area contributed by atoms with Gasteiger partial charge in [0.1, 0.15) is 0 Å². The molecule has 0 bridgehead atoms. The van der Waals surface area contributed by atoms with Crippen LogP contribution in [0, 0.1) is 63.6 Å². The van der Waals surface area contributed by atoms with Gasteiger partial charge in [0.2, 0.25) is 11.1 Å². The summed E-state index contributed by atoms with van der Waals surface area (Å²) < 4.78 is 21.7. The monoisotopic (exact) mass is 618 g/mol. The third kappa shape index (κ3) is 4.11. The Kier molecular flexibility index (Phi) is 6.91. The number of pyridine rings is 1. The Hall–Kier alpha value is -3.03. The van der Waals surface area contributed by atoms with Crippen LogP contribution in [0.4, 0.5) is 4.39 Å². The lowest BCUT2D eigenvalue weighted by Crippen LogP contribution is -2.64. The van der Waals surface area contributed by atoms with Gasteiger partial charge >= 0.3 is 5.97 Å². The number of aromatic nitrogens is 3. The Morgan fingerprint density at radius 2 is 2.00 bits per heavy atom. The fraction of sp³-hybridized carbons (Fsp3) is 0.618. The van der Waals surface area contributed by atoms with Crippen LogP contribution in [0.25, 0.3) is 11.8 Å². The number of fused-ring (bicyclic) bond motifs is 6. The van der Waals surface area contributed by atoms with Gasteiger partial charge in [-0.15, -0.1) is 0 Å². The molecule has 2 aromatic rings. The fourth-order valence-corrected chi connectivity index (χ4v) is 11.0. The van der Waals surface area contributed by atoms with Gasteiger partial charge in [0.25, 0.3) is 0 Å². The number of nitrogens with zero attached hydrogens (tertiary/aromatic N) is 4. The highest BCUT2D eigenvalue weighted by atomic mass is 32.2. The first-order chi connectivity index (χ1) is 20.9. The largest absolute Gasteiger partial charge is 0.449 e. The number of nitriles is 1. The predicted molar refractivity (Wildman–Crippen MR) is 162 cm³/mol. The van der Waals surface area contributed by atoms with Crippen LogP contribution in [0.3, 0.4) is 0 Å². The fourth-order valence-electron chi connectivity index (χ4n) is 10.1. The maximum Gasteiger partial charge on any atom is 0.309 e. The van der Waals surface area contributed by atoms with Gasteiger partial charge < -0.3 is 9.84 Å². The van der Waals surface area contributed by atoms with Crippen molar-refractivity contribution in [3.05, 3.63) is 47.3 Å². The van der Waals surface area contributed by atoms with Crippen LogP contribution >= 0.6 is 11.8 Å². The Balaban J connectivity index is 1.27. The van der Waals surface area contributed by atoms with E-state index in [1.165, 1.54) is 17.8 Å². The van der Waals surface area contributed by atoms with E-state index in [4.69, 9.17) is 4.74 Å². The second-order valence-electron chi connectivity index (χ2n) is 14.4. The van der Waals surface area contributed by atoms with Crippen LogP contribution in [-0.4, -0.2) is 48.4 Å². The van der Waals surface area contributed by atoms with Crippen molar-refractivity contribution >= 4 is 28.9 Å². The zero-order valence-electron chi connectivity index (χ0n) is 25.6. The highest BCUT2D eigenvalue weighted by Gasteiger charge is 2.73. The smallest absolute Gasteiger partial charge is 0.309 e. The van der Waals surface area contributed by atoms with E-state index in [1.807, 2.05) is 17.8 Å². The summed E-state index contributed by atoms with van der Waals surface area (Å²) in [6, 6.07) is 5.07. The van der Waals surface area contributed by atoms with E-state index in [1.54, 1.807) is 6.07 Å². The molecule has 4 fully saturated rings. The number of esters is 1. The predicted octanol–water partition coefficient (Wildman–Crippen LogP) is 5.53. The Morgan fingerprint density at radius 1 is 1.23 bits per heavy atom. The average molecular weight is 619 g/mol. The topological polar surface area (TPSA) is 118 Å². The zero-order chi connectivity index (χ0) is 31.2. The Labute approximate surface area is 261 Å². The third-order valence-electron chi connectivity index (χ3n) is 12.0. The minimum Gasteiger partial charge on any atom is -0.449 e. The Morgan fingerprint density at radius 3 is 2.68 bits per heavy atom. The number of aliphatic hydroxyl groups excluding tert-OH is 1. The molecule has 10 heteroatoms. The molecule has 0 aliphatic heterocycles. The molecule has 5 aliphatic rings. The molecule has 1 N–H and O–H groups in total. The van der Waals surface area contributed by atoms with E-state index >= 15 is 0 Å². The number of ether oxygens (including phenoxy) is 1. The molecule has 2 heterocycles. The van der Waals surface area contributed by atoms with Gasteiger partial charge in [-0.3, -0.25) is 9.59 Å². The maximum atomic E-state index is 14.1. The number of hydrogen-bond donors (Lipinski definition) is 1. The van der Waals surface area contributed by atoms with Crippen molar-refractivity contribution in [2.75, 3.05) is 5.75 Å². The number of hydrogen-bond acceptors (Lipinski definition) is 8. The van der Waals surface area contributed by atoms with Crippen molar-refractivity contribution < 1.29 is 23.8 Å². The van der Waals surface area contributed by atoms with Crippen molar-refractivity contribution in [3.8, 4) is 11.8 Å². The minimum absolute atomic E-state index is 0.00308. The summed E-state index contributed by atoms with van der Waals surface area (Å²) in [5, 5.41) is 25.9. The molecule has 7 rings (SSSR count). The van der Waals surface area contributed by atoms with E-state index in [0.717, 1.165) is 48.7 Å². The summed E-state index contributed by atoms with van der Waals surface area (Å²) in [7, 11) is 0. The van der Waals surface area contributed by atoms with Crippen molar-refractivity contribution in [2.45, 2.75) is 77.9 Å². The standard InChI is InChI=1S/C34H39FN4O4S/c1-18-11-23-25-12-19(2)34(31(42)44-10-9-36,43-30(41)20-5-6-20)33(25,4)15-27(40)29(23)32(3)14-21-16-38-39(26(21)13-24(18)32)22-7-8-28(35)37-17-22/h7-8,13,16-20,23,25,27,29,40H,5-6,10-12,14-15H2,1-4H3/t18-,19+,23-,25-,27-,29+,32-,33-,34-/m0/s1. The van der Waals surface area contributed by atoms with Crippen LogP contribution in [-0.2, 0) is 20.7 Å². The molecule has 0 amide bonds. The molecular formula is C34H39FN4O4S. The lowest BCUT2D eigenvalue weighted by molar-refractivity contribution is -0.203. The summed E-state index contributed by atoms with van der Waals surface area (Å²) >= 11 is 0.944. The minimum atomic E-state index is -1.38. The molecule has 0 spiro atoms. The van der Waals surface area contributed by atoms with Crippen LogP contribution in [0.2, 0.25) is 0 Å². The van der Waals surface area contributed by atoms with Gasteiger partial charge in [-0.25, -0.2) is 9.67 Å². The molecule has 9 atom stereocenters. The molecule has 0 aromatic carbocycles. The zero-order valence-corrected chi connectivity index (χ0v) is 26.4. The summed E-state index contributed by atoms with van der Waals surface area (Å²) in [6.07, 6.45) is 9.06. The van der Waals surface area contributed by atoms with E-state index < -0.39 is 23.1 Å². The average Bonchev–Trinajstić information content (AvgIpc) is 3.72. The SMILES string of the molecule is C[C@@H]1C[C@H]2[C@@H]3C[C@H](C)C4=Cc5c(cnn5-c5ccc(F)nc5)C[C@]4(C)[C@H]3[C@@H](O)C[C@]2(C)[C@@]1(OC(=O)C1CC1)C(=O)SCC#N. The summed E-state index contributed by atoms with van der Waals surface area (Å²) in [6.45, 7) is 8.59. The van der Waals surface area contributed by atoms with Gasteiger partial charge in [0, 0.05) is 11.3 Å². The number of carbonyl (C=O) groups is 2. The van der Waals surface area contributed by atoms with E-state index in [2.05, 4.69) is 43.0 Å². The normalized spacial score (nSPS) is 38.8. The van der Waals surface area contributed by atoms with Crippen LogP contribution in [0.15, 0.2) is 30.1 Å². The van der Waals surface area contributed by atoms with Crippen molar-refractivity contribution in [1.29, 1.82) is 5.26 Å². The molecule has 2 aromatic heterocycles. The second-order valence-corrected chi connectivity index (χ2v) is 15.4. The Bertz CT molecular complexity index is 1600. The van der Waals surface area contributed by atoms with Crippen LogP contribution in [0.5, 0.6) is 0 Å². The number of allylic oxidation sites excluding steroid dienone is 1. The molecule has 44 heavy (non-hydrogen) atoms. The molecule has 0 unspecified atom stereocenters. The van der Waals surface area contributed by atoms with E-state index in [9.17, 15) is 24.3 Å². The molecular weight excluding hydrogens is 579 g/mol. The lowest BCUT2D eigenvalue weighted by Gasteiger charge is -2.62. The second kappa shape index (κ2) is 10.2. The number of rotatable bonds is 5. The first-order valence-corrected chi connectivity index (χ1v) is 16.8. The quantitative estimate of drug-likeness (QED) is 0.344. The van der Waals surface area contributed by atoms with Crippen molar-refractivity contribution in [1.82, 2.24) is 14.8 Å². The lowest BCUT2D eigenvalue weighted by atomic mass is 9.44. The van der Waals surface area contributed by atoms with Gasteiger partial charge in [0.15, 0.2) is 5.60 Å². The van der Waals surface area contributed by atoms with Gasteiger partial charge in [0.05, 0.1) is 47.6 Å². The maximum absolute atomic E-state index is 14.1. The third-order valence-corrected chi connectivity index (χ3v) is 12.8. The van der Waals surface area contributed by atoms with Crippen molar-refractivity contribution in [2.24, 2.45) is 46.3 Å². The van der Waals surface area contributed by atoms with Crippen LogP contribution < -0.4 is 0 Å². The van der Waals surface area contributed by atoms with Gasteiger partial charge in [-0.1, -0.05) is 45.0 Å². The summed E-state index contributed by atoms with van der Waals surface area (Å²) in [5.74, 6) is -0.899.